The van der Waals surface area contributed by atoms with Crippen LogP contribution in [0.2, 0.25) is 0 Å². The van der Waals surface area contributed by atoms with E-state index in [1.54, 1.807) is 19.1 Å². The van der Waals surface area contributed by atoms with Gasteiger partial charge in [-0.15, -0.1) is 0 Å². The van der Waals surface area contributed by atoms with Crippen molar-refractivity contribution < 1.29 is 19.1 Å². The number of carbonyl (C=O) groups is 3. The molecule has 3 rings (SSSR count). The van der Waals surface area contributed by atoms with E-state index in [1.165, 1.54) is 12.3 Å². The zero-order valence-corrected chi connectivity index (χ0v) is 10.6. The first-order valence-corrected chi connectivity index (χ1v) is 6.08. The van der Waals surface area contributed by atoms with Crippen LogP contribution in [0.15, 0.2) is 24.4 Å². The zero-order valence-electron chi connectivity index (χ0n) is 10.6. The second-order valence-electron chi connectivity index (χ2n) is 4.25. The summed E-state index contributed by atoms with van der Waals surface area (Å²) in [5.41, 5.74) is 1.37. The molecule has 100 valence electrons. The number of carbonyl (C=O) groups excluding carboxylic acids is 3. The molecule has 2 heterocycles. The Morgan fingerprint density at radius 1 is 1.30 bits per heavy atom. The van der Waals surface area contributed by atoms with Gasteiger partial charge in [0.1, 0.15) is 11.4 Å². The number of fused-ring (bicyclic) bond motifs is 3. The Hall–Kier alpha value is -2.76. The molecule has 0 unspecified atom stereocenters. The molecule has 0 aromatic carbocycles. The van der Waals surface area contributed by atoms with Crippen LogP contribution in [0.3, 0.4) is 0 Å². The average molecular weight is 270 g/mol. The Labute approximate surface area is 113 Å². The lowest BCUT2D eigenvalue weighted by Gasteiger charge is -2.12. The topological polar surface area (TPSA) is 89.1 Å². The van der Waals surface area contributed by atoms with E-state index in [-0.39, 0.29) is 23.6 Å². The van der Waals surface area contributed by atoms with Gasteiger partial charge >= 0.3 is 5.97 Å². The summed E-state index contributed by atoms with van der Waals surface area (Å²) in [6.07, 6.45) is 1.45. The summed E-state index contributed by atoms with van der Waals surface area (Å²) in [5, 5.41) is 0. The maximum atomic E-state index is 12.0. The first kappa shape index (κ1) is 12.3. The number of Topliss-reactive ketones (excluding diaryl/α,β-unsaturated/α-hetero) is 2. The van der Waals surface area contributed by atoms with Crippen molar-refractivity contribution in [2.24, 2.45) is 0 Å². The van der Waals surface area contributed by atoms with Crippen LogP contribution >= 0.6 is 0 Å². The van der Waals surface area contributed by atoms with Gasteiger partial charge in [-0.2, -0.15) is 0 Å². The standard InChI is InChI=1S/C14H10N2O4/c1-2-20-14(19)9-6-8-10(16-9)7-4-3-5-15-11(7)13(18)12(8)17/h3-6,16H,2H2,1H3. The molecule has 1 N–H and O–H groups in total. The molecule has 1 aliphatic carbocycles. The van der Waals surface area contributed by atoms with Crippen LogP contribution in [-0.4, -0.2) is 34.1 Å². The van der Waals surface area contributed by atoms with Crippen LogP contribution in [0, 0.1) is 0 Å². The SMILES string of the molecule is CCOC(=O)c1cc2c([nH]1)-c1cccnc1C(=O)C2=O. The highest BCUT2D eigenvalue weighted by molar-refractivity contribution is 6.52. The molecule has 0 amide bonds. The number of H-pyrrole nitrogens is 1. The molecular formula is C14H10N2O4. The lowest BCUT2D eigenvalue weighted by Crippen LogP contribution is -2.21. The monoisotopic (exact) mass is 270 g/mol. The summed E-state index contributed by atoms with van der Waals surface area (Å²) in [6.45, 7) is 1.92. The lowest BCUT2D eigenvalue weighted by atomic mass is 9.92. The summed E-state index contributed by atoms with van der Waals surface area (Å²) in [5.74, 6) is -1.90. The number of esters is 1. The fourth-order valence-electron chi connectivity index (χ4n) is 2.18. The van der Waals surface area contributed by atoms with Gasteiger partial charge in [0, 0.05) is 11.8 Å². The van der Waals surface area contributed by atoms with E-state index >= 15 is 0 Å². The predicted octanol–water partition coefficient (Wildman–Crippen LogP) is 1.63. The Morgan fingerprint density at radius 2 is 2.10 bits per heavy atom. The number of ether oxygens (including phenoxy) is 1. The Balaban J connectivity index is 2.18. The molecule has 6 nitrogen and oxygen atoms in total. The maximum absolute atomic E-state index is 12.0. The van der Waals surface area contributed by atoms with E-state index in [2.05, 4.69) is 9.97 Å². The van der Waals surface area contributed by atoms with Crippen LogP contribution in [0.5, 0.6) is 0 Å². The molecule has 1 aliphatic rings. The van der Waals surface area contributed by atoms with Crippen LogP contribution in [0.25, 0.3) is 11.3 Å². The second-order valence-corrected chi connectivity index (χ2v) is 4.25. The molecule has 0 bridgehead atoms. The molecule has 20 heavy (non-hydrogen) atoms. The molecule has 2 aromatic heterocycles. The zero-order chi connectivity index (χ0) is 14.3. The van der Waals surface area contributed by atoms with Crippen molar-refractivity contribution in [3.63, 3.8) is 0 Å². The Morgan fingerprint density at radius 3 is 2.85 bits per heavy atom. The molecule has 0 aliphatic heterocycles. The molecule has 2 aromatic rings. The van der Waals surface area contributed by atoms with Crippen LogP contribution in [0.4, 0.5) is 0 Å². The first-order valence-electron chi connectivity index (χ1n) is 6.08. The van der Waals surface area contributed by atoms with Crippen LogP contribution in [0.1, 0.15) is 38.3 Å². The molecule has 6 heteroatoms. The number of nitrogens with zero attached hydrogens (tertiary/aromatic N) is 1. The minimum absolute atomic E-state index is 0.0993. The van der Waals surface area contributed by atoms with Gasteiger partial charge in [-0.1, -0.05) is 0 Å². The van der Waals surface area contributed by atoms with Crippen molar-refractivity contribution in [1.82, 2.24) is 9.97 Å². The Kier molecular flexibility index (Phi) is 2.71. The second kappa shape index (κ2) is 4.41. The van der Waals surface area contributed by atoms with Gasteiger partial charge in [0.15, 0.2) is 0 Å². The number of hydrogen-bond acceptors (Lipinski definition) is 5. The van der Waals surface area contributed by atoms with E-state index in [4.69, 9.17) is 4.74 Å². The number of rotatable bonds is 2. The van der Waals surface area contributed by atoms with Gasteiger partial charge in [-0.3, -0.25) is 14.6 Å². The van der Waals surface area contributed by atoms with Gasteiger partial charge in [0.25, 0.3) is 5.78 Å². The lowest BCUT2D eigenvalue weighted by molar-refractivity contribution is 0.0520. The number of aromatic nitrogens is 2. The van der Waals surface area contributed by atoms with Crippen molar-refractivity contribution in [2.75, 3.05) is 6.61 Å². The van der Waals surface area contributed by atoms with Gasteiger partial charge in [-0.25, -0.2) is 4.79 Å². The smallest absolute Gasteiger partial charge is 0.354 e. The quantitative estimate of drug-likeness (QED) is 0.661. The number of ketones is 2. The minimum Gasteiger partial charge on any atom is -0.461 e. The fourth-order valence-corrected chi connectivity index (χ4v) is 2.18. The van der Waals surface area contributed by atoms with Crippen molar-refractivity contribution in [1.29, 1.82) is 0 Å². The van der Waals surface area contributed by atoms with Crippen LogP contribution < -0.4 is 0 Å². The molecule has 0 atom stereocenters. The number of aromatic amines is 1. The van der Waals surface area contributed by atoms with E-state index < -0.39 is 17.5 Å². The fraction of sp³-hybridized carbons (Fsp3) is 0.143. The summed E-state index contributed by atoms with van der Waals surface area (Å²) >= 11 is 0. The minimum atomic E-state index is -0.669. The van der Waals surface area contributed by atoms with Gasteiger partial charge < -0.3 is 9.72 Å². The van der Waals surface area contributed by atoms with Crippen LogP contribution in [-0.2, 0) is 4.74 Å². The molecule has 0 fully saturated rings. The van der Waals surface area contributed by atoms with Crippen molar-refractivity contribution in [3.8, 4) is 11.3 Å². The predicted molar refractivity (Wildman–Crippen MR) is 68.6 cm³/mol. The van der Waals surface area contributed by atoms with E-state index in [0.29, 0.717) is 11.3 Å². The highest BCUT2D eigenvalue weighted by atomic mass is 16.5. The van der Waals surface area contributed by atoms with Gasteiger partial charge in [-0.05, 0) is 25.1 Å². The average Bonchev–Trinajstić information content (AvgIpc) is 2.90. The largest absolute Gasteiger partial charge is 0.461 e. The molecule has 0 spiro atoms. The van der Waals surface area contributed by atoms with E-state index in [9.17, 15) is 14.4 Å². The highest BCUT2D eigenvalue weighted by Crippen LogP contribution is 2.32. The summed E-state index contributed by atoms with van der Waals surface area (Å²) in [7, 11) is 0. The first-order chi connectivity index (χ1) is 9.63. The highest BCUT2D eigenvalue weighted by Gasteiger charge is 2.34. The van der Waals surface area contributed by atoms with Gasteiger partial charge in [0.05, 0.1) is 17.9 Å². The van der Waals surface area contributed by atoms with Crippen molar-refractivity contribution >= 4 is 17.5 Å². The number of nitrogens with one attached hydrogen (secondary N) is 1. The Bertz CT molecular complexity index is 745. The van der Waals surface area contributed by atoms with E-state index in [1.807, 2.05) is 0 Å². The molecule has 0 saturated heterocycles. The van der Waals surface area contributed by atoms with Crippen molar-refractivity contribution in [2.45, 2.75) is 6.92 Å². The third kappa shape index (κ3) is 1.65. The molecule has 0 radical (unpaired) electrons. The van der Waals surface area contributed by atoms with E-state index in [0.717, 1.165) is 0 Å². The molecular weight excluding hydrogens is 260 g/mol. The number of hydrogen-bond donors (Lipinski definition) is 1. The third-order valence-corrected chi connectivity index (χ3v) is 3.06. The normalized spacial score (nSPS) is 12.8. The number of pyridine rings is 1. The maximum Gasteiger partial charge on any atom is 0.354 e. The van der Waals surface area contributed by atoms with Crippen molar-refractivity contribution in [3.05, 3.63) is 41.3 Å². The third-order valence-electron chi connectivity index (χ3n) is 3.06. The summed E-state index contributed by atoms with van der Waals surface area (Å²) < 4.78 is 4.87. The summed E-state index contributed by atoms with van der Waals surface area (Å²) in [6, 6.07) is 4.69. The summed E-state index contributed by atoms with van der Waals surface area (Å²) in [4.78, 5) is 42.4. The van der Waals surface area contributed by atoms with Gasteiger partial charge in [0.2, 0.25) is 5.78 Å². The molecule has 0 saturated carbocycles.